The van der Waals surface area contributed by atoms with E-state index in [2.05, 4.69) is 21.0 Å². The quantitative estimate of drug-likeness (QED) is 0.518. The molecule has 7 heteroatoms. The first-order chi connectivity index (χ1) is 13.7. The molecule has 0 fully saturated rings. The summed E-state index contributed by atoms with van der Waals surface area (Å²) in [5, 5.41) is 4.99. The van der Waals surface area contributed by atoms with Crippen LogP contribution in [0.25, 0.3) is 10.9 Å². The number of methoxy groups -OCH3 is 1. The molecule has 0 N–H and O–H groups in total. The number of ether oxygens (including phenoxy) is 2. The molecule has 6 nitrogen and oxygen atoms in total. The molecule has 1 aromatic heterocycles. The van der Waals surface area contributed by atoms with E-state index in [0.29, 0.717) is 34.8 Å². The van der Waals surface area contributed by atoms with E-state index in [1.54, 1.807) is 19.4 Å². The summed E-state index contributed by atoms with van der Waals surface area (Å²) in [6.45, 7) is 8.45. The van der Waals surface area contributed by atoms with Crippen molar-refractivity contribution in [3.63, 3.8) is 0 Å². The fourth-order valence-electron chi connectivity index (χ4n) is 2.91. The number of rotatable bonds is 5. The fourth-order valence-corrected chi connectivity index (χ4v) is 3.27. The monoisotopic (exact) mass is 457 g/mol. The molecular weight excluding hydrogens is 434 g/mol. The van der Waals surface area contributed by atoms with Gasteiger partial charge < -0.3 is 9.47 Å². The zero-order chi connectivity index (χ0) is 21.2. The molecule has 0 radical (unpaired) electrons. The summed E-state index contributed by atoms with van der Waals surface area (Å²) < 4.78 is 13.1. The second kappa shape index (κ2) is 8.37. The van der Waals surface area contributed by atoms with Crippen molar-refractivity contribution in [2.24, 2.45) is 5.10 Å². The summed E-state index contributed by atoms with van der Waals surface area (Å²) >= 11 is 3.42. The summed E-state index contributed by atoms with van der Waals surface area (Å²) in [5.41, 5.74) is 0.859. The molecular formula is C22H24BrN3O3. The maximum Gasteiger partial charge on any atom is 0.282 e. The zero-order valence-corrected chi connectivity index (χ0v) is 18.8. The number of fused-ring (bicyclic) bond motifs is 1. The highest BCUT2D eigenvalue weighted by Gasteiger charge is 2.22. The third kappa shape index (κ3) is 4.50. The lowest BCUT2D eigenvalue weighted by molar-refractivity contribution is 0.311. The van der Waals surface area contributed by atoms with Gasteiger partial charge in [0.1, 0.15) is 5.82 Å². The summed E-state index contributed by atoms with van der Waals surface area (Å²) in [7, 11) is 1.60. The van der Waals surface area contributed by atoms with Gasteiger partial charge in [-0.15, -0.1) is 0 Å². The van der Waals surface area contributed by atoms with Crippen molar-refractivity contribution >= 4 is 33.0 Å². The largest absolute Gasteiger partial charge is 0.493 e. The van der Waals surface area contributed by atoms with Crippen LogP contribution in [0.3, 0.4) is 0 Å². The van der Waals surface area contributed by atoms with Crippen LogP contribution in [0.1, 0.15) is 39.1 Å². The van der Waals surface area contributed by atoms with Crippen LogP contribution in [0.4, 0.5) is 0 Å². The van der Waals surface area contributed by atoms with Gasteiger partial charge in [0.05, 0.1) is 30.8 Å². The lowest BCUT2D eigenvalue weighted by atomic mass is 9.95. The van der Waals surface area contributed by atoms with E-state index >= 15 is 0 Å². The van der Waals surface area contributed by atoms with Gasteiger partial charge in [-0.3, -0.25) is 4.79 Å². The molecule has 3 rings (SSSR count). The Morgan fingerprint density at radius 2 is 1.93 bits per heavy atom. The molecule has 1 heterocycles. The minimum Gasteiger partial charge on any atom is -0.493 e. The molecule has 2 aromatic carbocycles. The third-order valence-corrected chi connectivity index (χ3v) is 4.78. The molecule has 0 bridgehead atoms. The number of hydrogen-bond donors (Lipinski definition) is 0. The molecule has 0 saturated carbocycles. The highest BCUT2D eigenvalue weighted by atomic mass is 79.9. The van der Waals surface area contributed by atoms with Crippen molar-refractivity contribution in [1.82, 2.24) is 9.66 Å². The van der Waals surface area contributed by atoms with Crippen LogP contribution >= 0.6 is 15.9 Å². The van der Waals surface area contributed by atoms with E-state index < -0.39 is 0 Å². The Hall–Kier alpha value is -2.67. The number of nitrogens with zero attached hydrogens (tertiary/aromatic N) is 3. The molecule has 0 spiro atoms. The molecule has 0 unspecified atom stereocenters. The van der Waals surface area contributed by atoms with Crippen molar-refractivity contribution in [2.75, 3.05) is 13.7 Å². The number of halogens is 1. The maximum absolute atomic E-state index is 13.2. The van der Waals surface area contributed by atoms with E-state index in [-0.39, 0.29) is 11.0 Å². The minimum atomic E-state index is -0.367. The first kappa shape index (κ1) is 21.0. The Labute approximate surface area is 178 Å². The highest BCUT2D eigenvalue weighted by molar-refractivity contribution is 9.10. The third-order valence-electron chi connectivity index (χ3n) is 4.29. The zero-order valence-electron chi connectivity index (χ0n) is 17.2. The summed E-state index contributed by atoms with van der Waals surface area (Å²) in [5.74, 6) is 1.86. The highest BCUT2D eigenvalue weighted by Crippen LogP contribution is 2.28. The van der Waals surface area contributed by atoms with Crippen molar-refractivity contribution < 1.29 is 9.47 Å². The van der Waals surface area contributed by atoms with Crippen LogP contribution < -0.4 is 15.0 Å². The van der Waals surface area contributed by atoms with Gasteiger partial charge in [-0.1, -0.05) is 36.7 Å². The Bertz CT molecular complexity index is 1130. The Morgan fingerprint density at radius 3 is 2.59 bits per heavy atom. The molecule has 0 atom stereocenters. The Morgan fingerprint density at radius 1 is 1.17 bits per heavy atom. The number of aromatic nitrogens is 2. The van der Waals surface area contributed by atoms with E-state index in [1.165, 1.54) is 4.68 Å². The summed E-state index contributed by atoms with van der Waals surface area (Å²) in [6, 6.07) is 11.0. The van der Waals surface area contributed by atoms with Crippen molar-refractivity contribution in [3.05, 3.63) is 62.6 Å². The van der Waals surface area contributed by atoms with Crippen LogP contribution in [-0.4, -0.2) is 29.6 Å². The SMILES string of the molecule is CCOc1cc(C=Nn2c(C(C)(C)C)nc3ccc(Br)cc3c2=O)ccc1OC. The van der Waals surface area contributed by atoms with Crippen LogP contribution in [0.15, 0.2) is 50.8 Å². The smallest absolute Gasteiger partial charge is 0.282 e. The van der Waals surface area contributed by atoms with Crippen molar-refractivity contribution in [3.8, 4) is 11.5 Å². The van der Waals surface area contributed by atoms with Gasteiger partial charge in [0.15, 0.2) is 11.5 Å². The number of benzene rings is 2. The van der Waals surface area contributed by atoms with E-state index in [0.717, 1.165) is 10.0 Å². The van der Waals surface area contributed by atoms with E-state index in [4.69, 9.17) is 14.5 Å². The average molecular weight is 458 g/mol. The van der Waals surface area contributed by atoms with Crippen LogP contribution in [-0.2, 0) is 5.41 Å². The van der Waals surface area contributed by atoms with Crippen molar-refractivity contribution in [1.29, 1.82) is 0 Å². The van der Waals surface area contributed by atoms with E-state index in [1.807, 2.05) is 58.0 Å². The lowest BCUT2D eigenvalue weighted by Gasteiger charge is -2.20. The fraction of sp³-hybridized carbons (Fsp3) is 0.318. The molecule has 0 saturated heterocycles. The standard InChI is InChI=1S/C22H24BrN3O3/c1-6-29-19-11-14(7-10-18(19)28-5)13-24-26-20(27)16-12-15(23)8-9-17(16)25-21(26)22(2,3)4/h7-13H,6H2,1-5H3. The molecule has 0 amide bonds. The first-order valence-electron chi connectivity index (χ1n) is 9.32. The summed E-state index contributed by atoms with van der Waals surface area (Å²) in [4.78, 5) is 17.9. The topological polar surface area (TPSA) is 65.7 Å². The first-order valence-corrected chi connectivity index (χ1v) is 10.1. The van der Waals surface area contributed by atoms with E-state index in [9.17, 15) is 4.79 Å². The molecule has 0 aliphatic carbocycles. The van der Waals surface area contributed by atoms with Gasteiger partial charge in [0, 0.05) is 9.89 Å². The molecule has 29 heavy (non-hydrogen) atoms. The van der Waals surface area contributed by atoms with Crippen LogP contribution in [0.5, 0.6) is 11.5 Å². The maximum atomic E-state index is 13.2. The normalized spacial score (nSPS) is 11.9. The van der Waals surface area contributed by atoms with Gasteiger partial charge in [-0.05, 0) is 48.9 Å². The van der Waals surface area contributed by atoms with Gasteiger partial charge in [-0.25, -0.2) is 4.98 Å². The lowest BCUT2D eigenvalue weighted by Crippen LogP contribution is -2.29. The second-order valence-corrected chi connectivity index (χ2v) is 8.47. The van der Waals surface area contributed by atoms with Crippen LogP contribution in [0.2, 0.25) is 0 Å². The molecule has 152 valence electrons. The second-order valence-electron chi connectivity index (χ2n) is 7.55. The minimum absolute atomic E-state index is 0.212. The predicted molar refractivity (Wildman–Crippen MR) is 120 cm³/mol. The van der Waals surface area contributed by atoms with Gasteiger partial charge in [-0.2, -0.15) is 9.78 Å². The molecule has 0 aliphatic heterocycles. The van der Waals surface area contributed by atoms with Crippen LogP contribution in [0, 0.1) is 0 Å². The Kier molecular flexibility index (Phi) is 6.07. The molecule has 0 aliphatic rings. The number of hydrogen-bond acceptors (Lipinski definition) is 5. The average Bonchev–Trinajstić information content (AvgIpc) is 2.67. The van der Waals surface area contributed by atoms with Gasteiger partial charge in [0.2, 0.25) is 0 Å². The predicted octanol–water partition coefficient (Wildman–Crippen LogP) is 4.75. The Balaban J connectivity index is 2.15. The van der Waals surface area contributed by atoms with Gasteiger partial charge >= 0.3 is 0 Å². The van der Waals surface area contributed by atoms with Crippen molar-refractivity contribution in [2.45, 2.75) is 33.1 Å². The molecule has 3 aromatic rings. The van der Waals surface area contributed by atoms with Gasteiger partial charge in [0.25, 0.3) is 5.56 Å². The summed E-state index contributed by atoms with van der Waals surface area (Å²) in [6.07, 6.45) is 1.63.